The first-order valence-corrected chi connectivity index (χ1v) is 10.5. The average molecular weight is 375 g/mol. The first-order valence-electron chi connectivity index (χ1n) is 9.03. The predicted molar refractivity (Wildman–Crippen MR) is 96.9 cm³/mol. The summed E-state index contributed by atoms with van der Waals surface area (Å²) in [6, 6.07) is 11.6. The zero-order valence-electron chi connectivity index (χ0n) is 14.5. The first-order chi connectivity index (χ1) is 12.5. The topological polar surface area (TPSA) is 46.6 Å². The van der Waals surface area contributed by atoms with Crippen molar-refractivity contribution in [3.63, 3.8) is 0 Å². The van der Waals surface area contributed by atoms with Crippen molar-refractivity contribution in [3.05, 3.63) is 65.0 Å². The maximum Gasteiger partial charge on any atom is 0.243 e. The fraction of sp³-hybridized carbons (Fsp3) is 0.400. The van der Waals surface area contributed by atoms with E-state index in [1.54, 1.807) is 18.2 Å². The third-order valence-corrected chi connectivity index (χ3v) is 7.09. The van der Waals surface area contributed by atoms with Crippen molar-refractivity contribution < 1.29 is 17.5 Å². The van der Waals surface area contributed by atoms with Gasteiger partial charge in [0.15, 0.2) is 0 Å². The number of aryl methyl sites for hydroxylation is 2. The van der Waals surface area contributed by atoms with Gasteiger partial charge in [-0.3, -0.25) is 0 Å². The van der Waals surface area contributed by atoms with Crippen LogP contribution in [-0.4, -0.2) is 32.4 Å². The number of rotatable bonds is 3. The number of halogens is 1. The van der Waals surface area contributed by atoms with Gasteiger partial charge >= 0.3 is 0 Å². The van der Waals surface area contributed by atoms with Crippen LogP contribution in [0.5, 0.6) is 0 Å². The fourth-order valence-corrected chi connectivity index (χ4v) is 5.22. The highest BCUT2D eigenvalue weighted by atomic mass is 32.2. The van der Waals surface area contributed by atoms with Gasteiger partial charge in [-0.1, -0.05) is 18.2 Å². The van der Waals surface area contributed by atoms with Crippen LogP contribution < -0.4 is 0 Å². The molecular formula is C20H22FNO3S. The zero-order valence-corrected chi connectivity index (χ0v) is 15.3. The van der Waals surface area contributed by atoms with Crippen LogP contribution in [0.15, 0.2) is 47.4 Å². The summed E-state index contributed by atoms with van der Waals surface area (Å²) in [5, 5.41) is 0. The largest absolute Gasteiger partial charge is 0.371 e. The monoisotopic (exact) mass is 375 g/mol. The van der Waals surface area contributed by atoms with Crippen LogP contribution in [0.25, 0.3) is 0 Å². The second kappa shape index (κ2) is 7.10. The van der Waals surface area contributed by atoms with Gasteiger partial charge in [0.05, 0.1) is 17.6 Å². The molecule has 1 fully saturated rings. The first kappa shape index (κ1) is 17.6. The summed E-state index contributed by atoms with van der Waals surface area (Å²) in [4.78, 5) is 0.359. The van der Waals surface area contributed by atoms with Gasteiger partial charge in [0.2, 0.25) is 10.0 Å². The summed E-state index contributed by atoms with van der Waals surface area (Å²) in [6.07, 6.45) is 3.87. The zero-order chi connectivity index (χ0) is 18.1. The number of fused-ring (bicyclic) bond motifs is 1. The standard InChI is InChI=1S/C20H22FNO3S/c21-18-8-5-16(6-9-18)20-14-22(11-12-25-20)26(23,24)19-10-7-15-3-1-2-4-17(15)13-19/h5-10,13,20H,1-4,11-12,14H2/t20-/m0/s1. The van der Waals surface area contributed by atoms with Gasteiger partial charge in [-0.2, -0.15) is 4.31 Å². The number of morpholine rings is 1. The van der Waals surface area contributed by atoms with Crippen molar-refractivity contribution in [1.82, 2.24) is 4.31 Å². The molecule has 0 spiro atoms. The van der Waals surface area contributed by atoms with E-state index in [2.05, 4.69) is 0 Å². The molecule has 0 aromatic heterocycles. The van der Waals surface area contributed by atoms with Crippen molar-refractivity contribution in [2.45, 2.75) is 36.7 Å². The molecule has 2 aromatic carbocycles. The second-order valence-corrected chi connectivity index (χ2v) is 8.85. The van der Waals surface area contributed by atoms with E-state index < -0.39 is 10.0 Å². The van der Waals surface area contributed by atoms with Crippen molar-refractivity contribution in [1.29, 1.82) is 0 Å². The molecule has 4 nitrogen and oxygen atoms in total. The molecule has 0 N–H and O–H groups in total. The summed E-state index contributed by atoms with van der Waals surface area (Å²) in [7, 11) is -3.57. The molecular weight excluding hydrogens is 353 g/mol. The third-order valence-electron chi connectivity index (χ3n) is 5.23. The van der Waals surface area contributed by atoms with E-state index in [0.29, 0.717) is 18.0 Å². The Balaban J connectivity index is 1.58. The maximum absolute atomic E-state index is 13.1. The number of ether oxygens (including phenoxy) is 1. The smallest absolute Gasteiger partial charge is 0.243 e. The van der Waals surface area contributed by atoms with Crippen LogP contribution in [-0.2, 0) is 27.6 Å². The van der Waals surface area contributed by atoms with E-state index >= 15 is 0 Å². The highest BCUT2D eigenvalue weighted by molar-refractivity contribution is 7.89. The highest BCUT2D eigenvalue weighted by Crippen LogP contribution is 2.29. The van der Waals surface area contributed by atoms with Crippen LogP contribution in [0.1, 0.15) is 35.6 Å². The van der Waals surface area contributed by atoms with Crippen LogP contribution in [0.3, 0.4) is 0 Å². The van der Waals surface area contributed by atoms with Gasteiger partial charge in [0, 0.05) is 13.1 Å². The van der Waals surface area contributed by atoms with Crippen molar-refractivity contribution in [2.24, 2.45) is 0 Å². The Morgan fingerprint density at radius 2 is 1.73 bits per heavy atom. The molecule has 0 radical (unpaired) electrons. The number of hydrogen-bond acceptors (Lipinski definition) is 3. The molecule has 138 valence electrons. The number of benzene rings is 2. The van der Waals surface area contributed by atoms with E-state index in [1.807, 2.05) is 12.1 Å². The Kier molecular flexibility index (Phi) is 4.82. The molecule has 0 amide bonds. The van der Waals surface area contributed by atoms with Crippen LogP contribution >= 0.6 is 0 Å². The lowest BCUT2D eigenvalue weighted by atomic mass is 9.92. The van der Waals surface area contributed by atoms with Gasteiger partial charge in [0.25, 0.3) is 0 Å². The molecule has 26 heavy (non-hydrogen) atoms. The minimum Gasteiger partial charge on any atom is -0.371 e. The molecule has 1 saturated heterocycles. The molecule has 0 bridgehead atoms. The van der Waals surface area contributed by atoms with Crippen LogP contribution in [0, 0.1) is 5.82 Å². The Hall–Kier alpha value is -1.76. The minimum atomic E-state index is -3.57. The lowest BCUT2D eigenvalue weighted by Gasteiger charge is -2.32. The molecule has 1 atom stereocenters. The molecule has 0 saturated carbocycles. The Morgan fingerprint density at radius 3 is 2.50 bits per heavy atom. The summed E-state index contributed by atoms with van der Waals surface area (Å²) in [5.41, 5.74) is 3.21. The van der Waals surface area contributed by atoms with Crippen LogP contribution in [0.4, 0.5) is 4.39 Å². The van der Waals surface area contributed by atoms with Gasteiger partial charge < -0.3 is 4.74 Å². The average Bonchev–Trinajstić information content (AvgIpc) is 2.68. The van der Waals surface area contributed by atoms with Gasteiger partial charge in [-0.15, -0.1) is 0 Å². The Morgan fingerprint density at radius 1 is 1.00 bits per heavy atom. The SMILES string of the molecule is O=S(=O)(c1ccc2c(c1)CCCC2)N1CCO[C@H](c2ccc(F)cc2)C1. The molecule has 2 aromatic rings. The molecule has 0 unspecified atom stereocenters. The van der Waals surface area contributed by atoms with Crippen molar-refractivity contribution in [2.75, 3.05) is 19.7 Å². The van der Waals surface area contributed by atoms with Crippen molar-refractivity contribution >= 4 is 10.0 Å². The number of sulfonamides is 1. The summed E-state index contributed by atoms with van der Waals surface area (Å²) < 4.78 is 46.6. The molecule has 1 aliphatic heterocycles. The fourth-order valence-electron chi connectivity index (χ4n) is 3.74. The normalized spacial score (nSPS) is 21.3. The summed E-state index contributed by atoms with van der Waals surface area (Å²) in [6.45, 7) is 0.897. The minimum absolute atomic E-state index is 0.241. The van der Waals surface area contributed by atoms with E-state index in [0.717, 1.165) is 30.4 Å². The number of nitrogens with zero attached hydrogens (tertiary/aromatic N) is 1. The molecule has 2 aliphatic rings. The Labute approximate surface area is 153 Å². The Bertz CT molecular complexity index is 896. The van der Waals surface area contributed by atoms with Crippen molar-refractivity contribution in [3.8, 4) is 0 Å². The van der Waals surface area contributed by atoms with E-state index in [9.17, 15) is 12.8 Å². The summed E-state index contributed by atoms with van der Waals surface area (Å²) in [5.74, 6) is -0.317. The summed E-state index contributed by atoms with van der Waals surface area (Å²) >= 11 is 0. The van der Waals surface area contributed by atoms with E-state index in [4.69, 9.17) is 4.74 Å². The lowest BCUT2D eigenvalue weighted by Crippen LogP contribution is -2.42. The predicted octanol–water partition coefficient (Wildman–Crippen LogP) is 3.47. The van der Waals surface area contributed by atoms with Gasteiger partial charge in [-0.05, 0) is 66.6 Å². The lowest BCUT2D eigenvalue weighted by molar-refractivity contribution is -0.00258. The molecule has 6 heteroatoms. The van der Waals surface area contributed by atoms with E-state index in [1.165, 1.54) is 28.4 Å². The maximum atomic E-state index is 13.1. The van der Waals surface area contributed by atoms with Gasteiger partial charge in [0.1, 0.15) is 5.82 Å². The second-order valence-electron chi connectivity index (χ2n) is 6.91. The molecule has 1 aliphatic carbocycles. The molecule has 1 heterocycles. The highest BCUT2D eigenvalue weighted by Gasteiger charge is 2.32. The quantitative estimate of drug-likeness (QED) is 0.825. The van der Waals surface area contributed by atoms with Crippen LogP contribution in [0.2, 0.25) is 0 Å². The third kappa shape index (κ3) is 3.41. The molecule has 4 rings (SSSR count). The van der Waals surface area contributed by atoms with E-state index in [-0.39, 0.29) is 18.5 Å². The van der Waals surface area contributed by atoms with Gasteiger partial charge in [-0.25, -0.2) is 12.8 Å². The number of hydrogen-bond donors (Lipinski definition) is 0.